The maximum absolute atomic E-state index is 13.6. The number of nitrogens with zero attached hydrogens (tertiary/aromatic N) is 1. The number of pyridine rings is 1. The lowest BCUT2D eigenvalue weighted by Crippen LogP contribution is -2.20. The first kappa shape index (κ1) is 15.3. The molecule has 4 nitrogen and oxygen atoms in total. The summed E-state index contributed by atoms with van der Waals surface area (Å²) in [7, 11) is 0. The Hall–Kier alpha value is -2.14. The molecule has 0 radical (unpaired) electrons. The number of carbonyl (C=O) groups excluding carboxylic acids is 1. The van der Waals surface area contributed by atoms with E-state index in [2.05, 4.69) is 5.32 Å². The summed E-state index contributed by atoms with van der Waals surface area (Å²) in [6.07, 6.45) is 2.33. The van der Waals surface area contributed by atoms with Gasteiger partial charge in [-0.1, -0.05) is 18.5 Å². The van der Waals surface area contributed by atoms with Gasteiger partial charge in [0.15, 0.2) is 0 Å². The molecule has 1 aromatic heterocycles. The van der Waals surface area contributed by atoms with Crippen LogP contribution in [0.15, 0.2) is 41.3 Å². The largest absolute Gasteiger partial charge is 0.321 e. The number of benzene rings is 1. The van der Waals surface area contributed by atoms with E-state index in [1.165, 1.54) is 35.0 Å². The van der Waals surface area contributed by atoms with E-state index in [0.29, 0.717) is 12.2 Å². The number of carbonyl (C=O) groups is 1. The molecule has 0 saturated carbocycles. The first-order valence-electron chi connectivity index (χ1n) is 6.48. The lowest BCUT2D eigenvalue weighted by Gasteiger charge is -2.09. The minimum Gasteiger partial charge on any atom is -0.321 e. The van der Waals surface area contributed by atoms with Crippen LogP contribution in [0.1, 0.15) is 23.7 Å². The second-order valence-corrected chi connectivity index (χ2v) is 4.96. The van der Waals surface area contributed by atoms with E-state index in [9.17, 15) is 14.0 Å². The van der Waals surface area contributed by atoms with Crippen LogP contribution in [0.3, 0.4) is 0 Å². The van der Waals surface area contributed by atoms with Crippen LogP contribution in [-0.4, -0.2) is 10.5 Å². The highest BCUT2D eigenvalue weighted by molar-refractivity contribution is 6.31. The Labute approximate surface area is 126 Å². The highest BCUT2D eigenvalue weighted by Gasteiger charge is 2.13. The van der Waals surface area contributed by atoms with E-state index in [0.717, 1.165) is 12.5 Å². The topological polar surface area (TPSA) is 51.1 Å². The molecular formula is C15H14ClFN2O2. The van der Waals surface area contributed by atoms with Gasteiger partial charge in [0, 0.05) is 23.8 Å². The first-order chi connectivity index (χ1) is 10.0. The lowest BCUT2D eigenvalue weighted by molar-refractivity contribution is 0.102. The van der Waals surface area contributed by atoms with Gasteiger partial charge in [-0.2, -0.15) is 0 Å². The van der Waals surface area contributed by atoms with Crippen molar-refractivity contribution in [1.82, 2.24) is 4.57 Å². The Morgan fingerprint density at radius 1 is 1.33 bits per heavy atom. The molecule has 1 N–H and O–H groups in total. The quantitative estimate of drug-likeness (QED) is 0.942. The smallest absolute Gasteiger partial charge is 0.258 e. The molecule has 0 unspecified atom stereocenters. The third kappa shape index (κ3) is 3.70. The molecule has 0 fully saturated rings. The van der Waals surface area contributed by atoms with Crippen LogP contribution < -0.4 is 10.9 Å². The number of aryl methyl sites for hydroxylation is 1. The maximum atomic E-state index is 13.6. The van der Waals surface area contributed by atoms with Crippen molar-refractivity contribution in [3.05, 3.63) is 63.3 Å². The summed E-state index contributed by atoms with van der Waals surface area (Å²) in [4.78, 5) is 23.6. The maximum Gasteiger partial charge on any atom is 0.258 e. The Morgan fingerprint density at radius 3 is 2.81 bits per heavy atom. The summed E-state index contributed by atoms with van der Waals surface area (Å²) in [5.74, 6) is -1.27. The molecule has 0 bridgehead atoms. The molecule has 21 heavy (non-hydrogen) atoms. The molecule has 2 aromatic rings. The summed E-state index contributed by atoms with van der Waals surface area (Å²) in [5.41, 5.74) is 0.131. The van der Waals surface area contributed by atoms with Crippen LogP contribution in [0, 0.1) is 5.82 Å². The van der Waals surface area contributed by atoms with Crippen LogP contribution >= 0.6 is 11.6 Å². The average molecular weight is 309 g/mol. The van der Waals surface area contributed by atoms with Crippen LogP contribution in [-0.2, 0) is 6.54 Å². The van der Waals surface area contributed by atoms with Crippen LogP contribution in [0.4, 0.5) is 10.1 Å². The highest BCUT2D eigenvalue weighted by atomic mass is 35.5. The van der Waals surface area contributed by atoms with E-state index >= 15 is 0 Å². The van der Waals surface area contributed by atoms with Crippen molar-refractivity contribution in [3.8, 4) is 0 Å². The second-order valence-electron chi connectivity index (χ2n) is 4.53. The minimum absolute atomic E-state index is 0.143. The van der Waals surface area contributed by atoms with Crippen molar-refractivity contribution in [3.63, 3.8) is 0 Å². The minimum atomic E-state index is -0.654. The van der Waals surface area contributed by atoms with Crippen molar-refractivity contribution < 1.29 is 9.18 Å². The predicted molar refractivity (Wildman–Crippen MR) is 80.4 cm³/mol. The number of halogens is 2. The average Bonchev–Trinajstić information content (AvgIpc) is 2.45. The third-order valence-electron chi connectivity index (χ3n) is 2.88. The molecule has 0 aliphatic carbocycles. The summed E-state index contributed by atoms with van der Waals surface area (Å²) in [6.45, 7) is 2.49. The predicted octanol–water partition coefficient (Wildman–Crippen LogP) is 3.30. The second kappa shape index (κ2) is 6.54. The molecular weight excluding hydrogens is 295 g/mol. The summed E-state index contributed by atoms with van der Waals surface area (Å²) < 4.78 is 15.1. The fourth-order valence-electron chi connectivity index (χ4n) is 1.89. The molecule has 1 aromatic carbocycles. The monoisotopic (exact) mass is 308 g/mol. The zero-order valence-corrected chi connectivity index (χ0v) is 12.2. The normalized spacial score (nSPS) is 10.4. The number of amides is 1. The van der Waals surface area contributed by atoms with Gasteiger partial charge in [0.05, 0.1) is 11.3 Å². The number of nitrogens with one attached hydrogen (secondary N) is 1. The Morgan fingerprint density at radius 2 is 2.10 bits per heavy atom. The Balaban J connectivity index is 2.25. The standard InChI is InChI=1S/C15H14ClFN2O2/c1-2-7-19-9-11(4-6-14(19)20)18-15(21)12-8-10(16)3-5-13(12)17/h3-6,8-9H,2,7H2,1H3,(H,18,21). The van der Waals surface area contributed by atoms with Gasteiger partial charge in [-0.05, 0) is 30.7 Å². The fourth-order valence-corrected chi connectivity index (χ4v) is 2.06. The fraction of sp³-hybridized carbons (Fsp3) is 0.200. The van der Waals surface area contributed by atoms with Crippen LogP contribution in [0.2, 0.25) is 5.02 Å². The van der Waals surface area contributed by atoms with Gasteiger partial charge in [-0.25, -0.2) is 4.39 Å². The molecule has 1 heterocycles. The van der Waals surface area contributed by atoms with Crippen molar-refractivity contribution >= 4 is 23.2 Å². The SMILES string of the molecule is CCCn1cc(NC(=O)c2cc(Cl)ccc2F)ccc1=O. The molecule has 0 spiro atoms. The lowest BCUT2D eigenvalue weighted by atomic mass is 10.2. The van der Waals surface area contributed by atoms with Crippen molar-refractivity contribution in [2.45, 2.75) is 19.9 Å². The number of hydrogen-bond donors (Lipinski definition) is 1. The first-order valence-corrected chi connectivity index (χ1v) is 6.86. The molecule has 2 rings (SSSR count). The number of hydrogen-bond acceptors (Lipinski definition) is 2. The third-order valence-corrected chi connectivity index (χ3v) is 3.11. The Kier molecular flexibility index (Phi) is 4.75. The van der Waals surface area contributed by atoms with E-state index in [4.69, 9.17) is 11.6 Å². The molecule has 0 saturated heterocycles. The number of rotatable bonds is 4. The molecule has 1 amide bonds. The van der Waals surface area contributed by atoms with E-state index in [-0.39, 0.29) is 16.1 Å². The van der Waals surface area contributed by atoms with Gasteiger partial charge < -0.3 is 9.88 Å². The number of aromatic nitrogens is 1. The van der Waals surface area contributed by atoms with Crippen molar-refractivity contribution in [2.75, 3.05) is 5.32 Å². The molecule has 110 valence electrons. The highest BCUT2D eigenvalue weighted by Crippen LogP contribution is 2.16. The van der Waals surface area contributed by atoms with E-state index in [1.54, 1.807) is 0 Å². The van der Waals surface area contributed by atoms with Crippen LogP contribution in [0.25, 0.3) is 0 Å². The van der Waals surface area contributed by atoms with Crippen molar-refractivity contribution in [1.29, 1.82) is 0 Å². The van der Waals surface area contributed by atoms with Gasteiger partial charge in [0.2, 0.25) is 0 Å². The number of anilines is 1. The molecule has 0 aliphatic rings. The van der Waals surface area contributed by atoms with Gasteiger partial charge in [-0.15, -0.1) is 0 Å². The van der Waals surface area contributed by atoms with Gasteiger partial charge in [0.25, 0.3) is 11.5 Å². The summed E-state index contributed by atoms with van der Waals surface area (Å²) in [5, 5.41) is 2.83. The molecule has 6 heteroatoms. The van der Waals surface area contributed by atoms with Gasteiger partial charge >= 0.3 is 0 Å². The van der Waals surface area contributed by atoms with Crippen LogP contribution in [0.5, 0.6) is 0 Å². The van der Waals surface area contributed by atoms with Gasteiger partial charge in [0.1, 0.15) is 5.82 Å². The molecule has 0 atom stereocenters. The zero-order chi connectivity index (χ0) is 15.4. The van der Waals surface area contributed by atoms with Crippen molar-refractivity contribution in [2.24, 2.45) is 0 Å². The summed E-state index contributed by atoms with van der Waals surface area (Å²) >= 11 is 5.76. The van der Waals surface area contributed by atoms with E-state index < -0.39 is 11.7 Å². The zero-order valence-electron chi connectivity index (χ0n) is 11.4. The Bertz CT molecular complexity index is 728. The van der Waals surface area contributed by atoms with Gasteiger partial charge in [-0.3, -0.25) is 9.59 Å². The molecule has 0 aliphatic heterocycles. The van der Waals surface area contributed by atoms with E-state index in [1.807, 2.05) is 6.92 Å². The summed E-state index contributed by atoms with van der Waals surface area (Å²) in [6, 6.07) is 6.60.